The Kier molecular flexibility index (Phi) is 8.96. The monoisotopic (exact) mass is 481 g/mol. The van der Waals surface area contributed by atoms with Crippen LogP contribution in [0.15, 0.2) is 24.3 Å². The summed E-state index contributed by atoms with van der Waals surface area (Å²) < 4.78 is 0. The van der Waals surface area contributed by atoms with Gasteiger partial charge >= 0.3 is 0 Å². The second-order valence-electron chi connectivity index (χ2n) is 8.24. The van der Waals surface area contributed by atoms with Crippen LogP contribution in [0, 0.1) is 5.92 Å². The van der Waals surface area contributed by atoms with E-state index in [-0.39, 0.29) is 43.1 Å². The Hall–Kier alpha value is -2.09. The molecule has 32 heavy (non-hydrogen) atoms. The van der Waals surface area contributed by atoms with Crippen LogP contribution in [-0.2, 0) is 14.4 Å². The van der Waals surface area contributed by atoms with Crippen LogP contribution >= 0.6 is 23.2 Å². The molecule has 0 radical (unpaired) electrons. The summed E-state index contributed by atoms with van der Waals surface area (Å²) in [5.41, 5.74) is 0.764. The molecule has 7 nitrogen and oxygen atoms in total. The topological polar surface area (TPSA) is 81.2 Å². The van der Waals surface area contributed by atoms with Gasteiger partial charge in [0.05, 0.1) is 10.0 Å². The third-order valence-corrected chi connectivity index (χ3v) is 6.73. The van der Waals surface area contributed by atoms with Gasteiger partial charge in [0, 0.05) is 64.8 Å². The zero-order valence-electron chi connectivity index (χ0n) is 18.0. The van der Waals surface area contributed by atoms with Crippen LogP contribution in [0.3, 0.4) is 0 Å². The number of likely N-dealkylation sites (tertiary alicyclic amines) is 1. The molecule has 2 fully saturated rings. The summed E-state index contributed by atoms with van der Waals surface area (Å²) in [6, 6.07) is 5.13. The molecule has 0 saturated carbocycles. The Morgan fingerprint density at radius 1 is 1.09 bits per heavy atom. The van der Waals surface area contributed by atoms with Gasteiger partial charge in [-0.1, -0.05) is 29.3 Å². The second-order valence-corrected chi connectivity index (χ2v) is 9.06. The summed E-state index contributed by atoms with van der Waals surface area (Å²) >= 11 is 11.9. The first-order valence-electron chi connectivity index (χ1n) is 11.0. The zero-order valence-corrected chi connectivity index (χ0v) is 19.5. The largest absolute Gasteiger partial charge is 0.396 e. The third-order valence-electron chi connectivity index (χ3n) is 5.99. The molecule has 1 N–H and O–H groups in total. The first-order valence-corrected chi connectivity index (χ1v) is 11.7. The lowest BCUT2D eigenvalue weighted by molar-refractivity contribution is -0.135. The van der Waals surface area contributed by atoms with Crippen molar-refractivity contribution in [3.05, 3.63) is 39.9 Å². The lowest BCUT2D eigenvalue weighted by Crippen LogP contribution is -2.43. The van der Waals surface area contributed by atoms with E-state index in [4.69, 9.17) is 23.2 Å². The Morgan fingerprint density at radius 2 is 1.91 bits per heavy atom. The Bertz CT molecular complexity index is 877. The van der Waals surface area contributed by atoms with E-state index < -0.39 is 0 Å². The number of halogens is 2. The summed E-state index contributed by atoms with van der Waals surface area (Å²) in [7, 11) is 0. The van der Waals surface area contributed by atoms with Crippen molar-refractivity contribution in [2.75, 3.05) is 45.9 Å². The molecule has 1 aromatic rings. The van der Waals surface area contributed by atoms with E-state index in [9.17, 15) is 19.5 Å². The van der Waals surface area contributed by atoms with Crippen LogP contribution in [0.5, 0.6) is 0 Å². The normalized spacial score (nSPS) is 20.0. The summed E-state index contributed by atoms with van der Waals surface area (Å²) in [4.78, 5) is 42.7. The van der Waals surface area contributed by atoms with Crippen LogP contribution in [0.4, 0.5) is 0 Å². The van der Waals surface area contributed by atoms with Crippen LogP contribution in [0.2, 0.25) is 10.0 Å². The van der Waals surface area contributed by atoms with E-state index in [1.54, 1.807) is 39.0 Å². The Balaban J connectivity index is 1.49. The van der Waals surface area contributed by atoms with Crippen molar-refractivity contribution in [2.45, 2.75) is 25.7 Å². The average molecular weight is 482 g/mol. The molecule has 0 spiro atoms. The molecule has 3 amide bonds. The molecule has 2 aliphatic rings. The van der Waals surface area contributed by atoms with Gasteiger partial charge in [0.1, 0.15) is 0 Å². The number of carbonyl (C=O) groups excluding carboxylic acids is 3. The molecule has 2 saturated heterocycles. The van der Waals surface area contributed by atoms with Gasteiger partial charge < -0.3 is 19.8 Å². The van der Waals surface area contributed by atoms with E-state index in [1.807, 2.05) is 0 Å². The van der Waals surface area contributed by atoms with E-state index in [2.05, 4.69) is 0 Å². The molecule has 2 heterocycles. The molecule has 1 atom stereocenters. The van der Waals surface area contributed by atoms with Gasteiger partial charge in [-0.25, -0.2) is 0 Å². The maximum Gasteiger partial charge on any atom is 0.246 e. The summed E-state index contributed by atoms with van der Waals surface area (Å²) in [5, 5.41) is 10.2. The van der Waals surface area contributed by atoms with Crippen LogP contribution < -0.4 is 0 Å². The second kappa shape index (κ2) is 11.7. The van der Waals surface area contributed by atoms with Crippen LogP contribution in [0.25, 0.3) is 6.08 Å². The van der Waals surface area contributed by atoms with Crippen molar-refractivity contribution in [3.8, 4) is 0 Å². The Labute approximate surface area is 198 Å². The summed E-state index contributed by atoms with van der Waals surface area (Å²) in [5.74, 6) is -0.0691. The molecule has 1 unspecified atom stereocenters. The van der Waals surface area contributed by atoms with Crippen molar-refractivity contribution >= 4 is 47.0 Å². The Morgan fingerprint density at radius 3 is 2.66 bits per heavy atom. The smallest absolute Gasteiger partial charge is 0.246 e. The molecule has 0 bridgehead atoms. The van der Waals surface area contributed by atoms with Gasteiger partial charge in [-0.2, -0.15) is 0 Å². The van der Waals surface area contributed by atoms with Gasteiger partial charge in [-0.05, 0) is 42.5 Å². The first-order chi connectivity index (χ1) is 15.4. The lowest BCUT2D eigenvalue weighted by Gasteiger charge is -2.32. The summed E-state index contributed by atoms with van der Waals surface area (Å²) in [6.45, 7) is 2.89. The first kappa shape index (κ1) is 24.6. The summed E-state index contributed by atoms with van der Waals surface area (Å²) in [6.07, 6.45) is 5.47. The van der Waals surface area contributed by atoms with Crippen molar-refractivity contribution in [3.63, 3.8) is 0 Å². The van der Waals surface area contributed by atoms with Crippen LogP contribution in [-0.4, -0.2) is 83.4 Å². The predicted molar refractivity (Wildman–Crippen MR) is 124 cm³/mol. The van der Waals surface area contributed by atoms with Crippen molar-refractivity contribution in [1.82, 2.24) is 14.7 Å². The van der Waals surface area contributed by atoms with Crippen molar-refractivity contribution < 1.29 is 19.5 Å². The molecular weight excluding hydrogens is 453 g/mol. The van der Waals surface area contributed by atoms with Gasteiger partial charge in [-0.3, -0.25) is 14.4 Å². The number of hydrogen-bond donors (Lipinski definition) is 1. The highest BCUT2D eigenvalue weighted by Crippen LogP contribution is 2.23. The SMILES string of the molecule is O=C(/C=C/c1ccc(Cl)c(Cl)c1)N1CCC(=O)N(CCC(=O)N2CCCC(CO)C2)CC1. The van der Waals surface area contributed by atoms with Gasteiger partial charge in [0.2, 0.25) is 17.7 Å². The molecule has 2 aliphatic heterocycles. The number of carbonyl (C=O) groups is 3. The van der Waals surface area contributed by atoms with E-state index in [0.29, 0.717) is 49.3 Å². The number of nitrogens with zero attached hydrogens (tertiary/aromatic N) is 3. The quantitative estimate of drug-likeness (QED) is 0.633. The number of amides is 3. The number of benzene rings is 1. The molecule has 1 aromatic carbocycles. The highest BCUT2D eigenvalue weighted by Gasteiger charge is 2.26. The highest BCUT2D eigenvalue weighted by molar-refractivity contribution is 6.42. The van der Waals surface area contributed by atoms with Crippen molar-refractivity contribution in [1.29, 1.82) is 0 Å². The molecule has 0 aromatic heterocycles. The number of rotatable bonds is 6. The average Bonchev–Trinajstić information content (AvgIpc) is 2.99. The zero-order chi connectivity index (χ0) is 23.1. The van der Waals surface area contributed by atoms with Gasteiger partial charge in [0.25, 0.3) is 0 Å². The highest BCUT2D eigenvalue weighted by atomic mass is 35.5. The fraction of sp³-hybridized carbons (Fsp3) is 0.522. The number of aliphatic hydroxyl groups excluding tert-OH is 1. The molecule has 0 aliphatic carbocycles. The van der Waals surface area contributed by atoms with Crippen LogP contribution in [0.1, 0.15) is 31.2 Å². The number of piperidine rings is 1. The fourth-order valence-corrected chi connectivity index (χ4v) is 4.35. The maximum absolute atomic E-state index is 12.6. The minimum atomic E-state index is -0.176. The standard InChI is InChI=1S/C23H29Cl2N3O4/c24-19-5-3-17(14-20(19)25)4-6-21(30)26-10-7-22(31)27(13-12-26)11-8-23(32)28-9-1-2-18(15-28)16-29/h3-6,14,18,29H,1-2,7-13,15-16H2/b6-4+. The van der Waals surface area contributed by atoms with E-state index in [1.165, 1.54) is 6.08 Å². The lowest BCUT2D eigenvalue weighted by atomic mass is 9.99. The van der Waals surface area contributed by atoms with Gasteiger partial charge in [0.15, 0.2) is 0 Å². The maximum atomic E-state index is 12.6. The minimum Gasteiger partial charge on any atom is -0.396 e. The molecule has 174 valence electrons. The van der Waals surface area contributed by atoms with E-state index in [0.717, 1.165) is 18.4 Å². The third kappa shape index (κ3) is 6.70. The fourth-order valence-electron chi connectivity index (χ4n) is 4.04. The number of aliphatic hydroxyl groups is 1. The molecule has 3 rings (SSSR count). The van der Waals surface area contributed by atoms with Crippen molar-refractivity contribution in [2.24, 2.45) is 5.92 Å². The minimum absolute atomic E-state index is 0.0117. The van der Waals surface area contributed by atoms with E-state index >= 15 is 0 Å². The molecule has 9 heteroatoms. The predicted octanol–water partition coefficient (Wildman–Crippen LogP) is 2.69. The molecular formula is C23H29Cl2N3O4. The van der Waals surface area contributed by atoms with Gasteiger partial charge in [-0.15, -0.1) is 0 Å². The number of hydrogen-bond acceptors (Lipinski definition) is 4.